The summed E-state index contributed by atoms with van der Waals surface area (Å²) in [6, 6.07) is 72.2. The van der Waals surface area contributed by atoms with E-state index in [0.717, 1.165) is 77.0 Å². The molecule has 0 radical (unpaired) electrons. The van der Waals surface area contributed by atoms with Gasteiger partial charge in [0.2, 0.25) is 0 Å². The van der Waals surface area contributed by atoms with Crippen molar-refractivity contribution in [1.29, 1.82) is 0 Å². The molecule has 2 aliphatic rings. The Morgan fingerprint density at radius 3 is 1.03 bits per heavy atom. The fourth-order valence-electron chi connectivity index (χ4n) is 11.5. The zero-order chi connectivity index (χ0) is 44.3. The van der Waals surface area contributed by atoms with Crippen LogP contribution in [-0.2, 0) is 0 Å². The molecule has 11 aromatic rings. The lowest BCUT2D eigenvalue weighted by Gasteiger charge is -2.41. The van der Waals surface area contributed by atoms with Crippen molar-refractivity contribution in [2.45, 2.75) is 26.2 Å². The van der Waals surface area contributed by atoms with Crippen molar-refractivity contribution in [3.05, 3.63) is 207 Å². The highest BCUT2D eigenvalue weighted by Crippen LogP contribution is 2.50. The molecule has 0 fully saturated rings. The first-order chi connectivity index (χ1) is 32.3. The molecule has 4 nitrogen and oxygen atoms in total. The standard InChI is InChI=1S/C60H46N4Si2/c1-65(2)53-25-13-9-21-49(53)63(50-22-10-14-26-54(50)65)41-29-31-45-47(37-41)57(59-43-19-7-5-17-39(43)33-35-61-59)46-32-30-42(38-48(46)58(45)60-44-20-8-6-18-40(44)34-36-62-60)64-51-23-11-15-27-55(51)66(3,4)56-28-16-12-24-52(56)64/h5-38H,1-4H3. The van der Waals surface area contributed by atoms with Crippen LogP contribution >= 0.6 is 0 Å². The van der Waals surface area contributed by atoms with Gasteiger partial charge in [-0.15, -0.1) is 0 Å². The number of benzene rings is 9. The van der Waals surface area contributed by atoms with Crippen molar-refractivity contribution in [3.8, 4) is 22.5 Å². The quantitative estimate of drug-likeness (QED) is 0.130. The number of fused-ring (bicyclic) bond motifs is 8. The normalized spacial score (nSPS) is 14.5. The second-order valence-electron chi connectivity index (χ2n) is 19.0. The number of aromatic nitrogens is 2. The summed E-state index contributed by atoms with van der Waals surface area (Å²) in [5, 5.41) is 14.9. The van der Waals surface area contributed by atoms with Gasteiger partial charge in [-0.05, 0) is 114 Å². The van der Waals surface area contributed by atoms with Crippen molar-refractivity contribution in [3.63, 3.8) is 0 Å². The average molecular weight is 879 g/mol. The Morgan fingerprint density at radius 2 is 0.652 bits per heavy atom. The molecule has 66 heavy (non-hydrogen) atoms. The van der Waals surface area contributed by atoms with Crippen LogP contribution in [0.1, 0.15) is 0 Å². The van der Waals surface area contributed by atoms with Gasteiger partial charge >= 0.3 is 0 Å². The summed E-state index contributed by atoms with van der Waals surface area (Å²) >= 11 is 0. The van der Waals surface area contributed by atoms with Crippen molar-refractivity contribution in [2.24, 2.45) is 0 Å². The summed E-state index contributed by atoms with van der Waals surface area (Å²) in [5.74, 6) is 0. The predicted octanol–water partition coefficient (Wildman–Crippen LogP) is 13.6. The number of rotatable bonds is 4. The molecule has 2 aromatic heterocycles. The van der Waals surface area contributed by atoms with E-state index in [9.17, 15) is 0 Å². The molecule has 2 aliphatic heterocycles. The lowest BCUT2D eigenvalue weighted by molar-refractivity contribution is 1.29. The molecule has 0 saturated carbocycles. The van der Waals surface area contributed by atoms with E-state index in [1.807, 2.05) is 12.4 Å². The van der Waals surface area contributed by atoms with E-state index in [0.29, 0.717) is 0 Å². The van der Waals surface area contributed by atoms with Gasteiger partial charge in [0.1, 0.15) is 16.1 Å². The lowest BCUT2D eigenvalue weighted by Crippen LogP contribution is -2.58. The number of pyridine rings is 2. The SMILES string of the molecule is C[Si]1(C)c2ccccc2N(c2ccc3c(-c4nccc5ccccc45)c4cc(N5c6ccccc6[Si](C)(C)c6ccccc65)ccc4c(-c4nccc5ccccc45)c3c2)c2ccccc21. The van der Waals surface area contributed by atoms with Crippen LogP contribution in [0.5, 0.6) is 0 Å². The van der Waals surface area contributed by atoms with E-state index in [1.165, 1.54) is 43.5 Å². The van der Waals surface area contributed by atoms with Crippen molar-refractivity contribution in [1.82, 2.24) is 9.97 Å². The second-order valence-corrected chi connectivity index (χ2v) is 27.6. The highest BCUT2D eigenvalue weighted by Gasteiger charge is 2.40. The molecule has 0 spiro atoms. The minimum Gasteiger partial charge on any atom is -0.311 e. The van der Waals surface area contributed by atoms with Crippen molar-refractivity contribution >= 4 is 114 Å². The highest BCUT2D eigenvalue weighted by atomic mass is 28.3. The molecule has 9 aromatic carbocycles. The first-order valence-electron chi connectivity index (χ1n) is 23.0. The summed E-state index contributed by atoms with van der Waals surface area (Å²) in [6.07, 6.45) is 3.95. The monoisotopic (exact) mass is 878 g/mol. The summed E-state index contributed by atoms with van der Waals surface area (Å²) < 4.78 is 0. The molecular weight excluding hydrogens is 833 g/mol. The van der Waals surface area contributed by atoms with Crippen LogP contribution in [0, 0.1) is 0 Å². The van der Waals surface area contributed by atoms with E-state index < -0.39 is 16.1 Å². The zero-order valence-electron chi connectivity index (χ0n) is 37.4. The van der Waals surface area contributed by atoms with Gasteiger partial charge in [-0.25, -0.2) is 0 Å². The molecule has 0 amide bonds. The summed E-state index contributed by atoms with van der Waals surface area (Å²) in [4.78, 5) is 15.6. The molecule has 0 aliphatic carbocycles. The van der Waals surface area contributed by atoms with Crippen LogP contribution in [0.3, 0.4) is 0 Å². The van der Waals surface area contributed by atoms with E-state index in [2.05, 4.69) is 230 Å². The van der Waals surface area contributed by atoms with Gasteiger partial charge in [-0.2, -0.15) is 0 Å². The van der Waals surface area contributed by atoms with Crippen LogP contribution in [0.4, 0.5) is 34.1 Å². The minimum absolute atomic E-state index is 0.972. The van der Waals surface area contributed by atoms with Crippen LogP contribution in [0.2, 0.25) is 26.2 Å². The van der Waals surface area contributed by atoms with Gasteiger partial charge in [-0.3, -0.25) is 9.97 Å². The van der Waals surface area contributed by atoms with Crippen LogP contribution < -0.4 is 30.5 Å². The number of hydrogen-bond acceptors (Lipinski definition) is 4. The van der Waals surface area contributed by atoms with Crippen LogP contribution in [-0.4, -0.2) is 26.1 Å². The number of para-hydroxylation sites is 4. The maximum Gasteiger partial charge on any atom is 0.117 e. The summed E-state index contributed by atoms with van der Waals surface area (Å²) in [5.41, 5.74) is 11.5. The fraction of sp³-hybridized carbons (Fsp3) is 0.0667. The molecule has 13 rings (SSSR count). The van der Waals surface area contributed by atoms with Gasteiger partial charge in [-0.1, -0.05) is 160 Å². The minimum atomic E-state index is -2.00. The first kappa shape index (κ1) is 38.8. The molecule has 6 heteroatoms. The molecule has 0 bridgehead atoms. The molecule has 314 valence electrons. The Labute approximate surface area is 387 Å². The molecular formula is C60H46N4Si2. The Balaban J connectivity index is 1.18. The third kappa shape index (κ3) is 5.55. The predicted molar refractivity (Wildman–Crippen MR) is 286 cm³/mol. The van der Waals surface area contributed by atoms with Gasteiger partial charge < -0.3 is 9.80 Å². The Bertz CT molecular complexity index is 3460. The fourth-order valence-corrected chi connectivity index (χ4v) is 17.5. The van der Waals surface area contributed by atoms with Gasteiger partial charge in [0.25, 0.3) is 0 Å². The Hall–Kier alpha value is -7.65. The van der Waals surface area contributed by atoms with Crippen molar-refractivity contribution < 1.29 is 0 Å². The zero-order valence-corrected chi connectivity index (χ0v) is 39.4. The van der Waals surface area contributed by atoms with E-state index in [1.54, 1.807) is 0 Å². The Kier molecular flexibility index (Phi) is 8.48. The summed E-state index contributed by atoms with van der Waals surface area (Å²) in [7, 11) is -4.01. The Morgan fingerprint density at radius 1 is 0.318 bits per heavy atom. The van der Waals surface area contributed by atoms with Crippen molar-refractivity contribution in [2.75, 3.05) is 9.80 Å². The molecule has 4 heterocycles. The van der Waals surface area contributed by atoms with E-state index in [4.69, 9.17) is 9.97 Å². The van der Waals surface area contributed by atoms with E-state index >= 15 is 0 Å². The van der Waals surface area contributed by atoms with Crippen LogP contribution in [0.25, 0.3) is 65.6 Å². The maximum atomic E-state index is 5.32. The van der Waals surface area contributed by atoms with E-state index in [-0.39, 0.29) is 0 Å². The number of anilines is 6. The topological polar surface area (TPSA) is 32.3 Å². The molecule has 0 N–H and O–H groups in total. The third-order valence-corrected chi connectivity index (χ3v) is 21.8. The van der Waals surface area contributed by atoms with Gasteiger partial charge in [0.05, 0.1) is 11.4 Å². The largest absolute Gasteiger partial charge is 0.311 e. The summed E-state index contributed by atoms with van der Waals surface area (Å²) in [6.45, 7) is 9.95. The average Bonchev–Trinajstić information content (AvgIpc) is 3.36. The number of nitrogens with zero attached hydrogens (tertiary/aromatic N) is 4. The van der Waals surface area contributed by atoms with Gasteiger partial charge in [0, 0.05) is 68.4 Å². The molecule has 0 atom stereocenters. The van der Waals surface area contributed by atoms with Gasteiger partial charge in [0.15, 0.2) is 0 Å². The highest BCUT2D eigenvalue weighted by molar-refractivity contribution is 7.03. The molecule has 0 unspecified atom stereocenters. The second kappa shape index (κ2) is 14.4. The first-order valence-corrected chi connectivity index (χ1v) is 29.0. The third-order valence-electron chi connectivity index (χ3n) is 14.7. The number of hydrogen-bond donors (Lipinski definition) is 0. The smallest absolute Gasteiger partial charge is 0.117 e. The molecule has 0 saturated heterocycles. The van der Waals surface area contributed by atoms with Crippen LogP contribution in [0.15, 0.2) is 207 Å². The maximum absolute atomic E-state index is 5.32. The lowest BCUT2D eigenvalue weighted by atomic mass is 9.86.